The summed E-state index contributed by atoms with van der Waals surface area (Å²) in [6.07, 6.45) is 6.66. The number of hydrogen-bond acceptors (Lipinski definition) is 6. The summed E-state index contributed by atoms with van der Waals surface area (Å²) in [5.41, 5.74) is 4.32. The van der Waals surface area contributed by atoms with Crippen LogP contribution in [-0.4, -0.2) is 50.1 Å². The molecule has 1 amide bonds. The van der Waals surface area contributed by atoms with Crippen LogP contribution < -0.4 is 31.9 Å². The first-order chi connectivity index (χ1) is 14.6. The van der Waals surface area contributed by atoms with E-state index in [2.05, 4.69) is 10.5 Å². The topological polar surface area (TPSA) is 80.2 Å². The number of halogens is 1. The summed E-state index contributed by atoms with van der Waals surface area (Å²) in [7, 11) is 3.13. The van der Waals surface area contributed by atoms with Gasteiger partial charge in [-0.15, -0.1) is 0 Å². The van der Waals surface area contributed by atoms with Gasteiger partial charge in [0.05, 0.1) is 27.0 Å². The molecule has 1 aliphatic rings. The highest BCUT2D eigenvalue weighted by Crippen LogP contribution is 2.22. The van der Waals surface area contributed by atoms with E-state index in [0.29, 0.717) is 34.7 Å². The minimum absolute atomic E-state index is 0. The predicted octanol–water partition coefficient (Wildman–Crippen LogP) is -0.203. The molecule has 162 valence electrons. The van der Waals surface area contributed by atoms with Crippen molar-refractivity contribution in [2.24, 2.45) is 5.10 Å². The molecule has 0 aromatic heterocycles. The van der Waals surface area contributed by atoms with Crippen molar-refractivity contribution in [1.29, 1.82) is 0 Å². The van der Waals surface area contributed by atoms with Crippen molar-refractivity contribution in [2.75, 3.05) is 27.3 Å². The Morgan fingerprint density at radius 2 is 1.90 bits per heavy atom. The van der Waals surface area contributed by atoms with Crippen LogP contribution in [0.5, 0.6) is 11.5 Å². The van der Waals surface area contributed by atoms with Crippen LogP contribution in [0.4, 0.5) is 0 Å². The summed E-state index contributed by atoms with van der Waals surface area (Å²) >= 11 is 0. The highest BCUT2D eigenvalue weighted by atomic mass is 79.9. The lowest BCUT2D eigenvalue weighted by Gasteiger charge is -2.21. The van der Waals surface area contributed by atoms with Crippen LogP contribution in [0, 0.1) is 0 Å². The molecule has 0 fully saturated rings. The molecule has 1 aliphatic heterocycles. The molecule has 31 heavy (non-hydrogen) atoms. The zero-order valence-corrected chi connectivity index (χ0v) is 18.8. The molecule has 3 rings (SSSR count). The van der Waals surface area contributed by atoms with Gasteiger partial charge in [0.2, 0.25) is 0 Å². The van der Waals surface area contributed by atoms with Gasteiger partial charge in [-0.3, -0.25) is 9.59 Å². The molecule has 8 heteroatoms. The Hall–Kier alpha value is -3.39. The summed E-state index contributed by atoms with van der Waals surface area (Å²) in [6.45, 7) is 0.713. The minimum atomic E-state index is -0.335. The average molecular weight is 485 g/mol. The van der Waals surface area contributed by atoms with E-state index in [1.807, 2.05) is 23.1 Å². The number of hydrogen-bond donors (Lipinski definition) is 1. The second-order valence-corrected chi connectivity index (χ2v) is 6.50. The van der Waals surface area contributed by atoms with Crippen LogP contribution in [0.1, 0.15) is 15.9 Å². The van der Waals surface area contributed by atoms with Crippen molar-refractivity contribution < 1.29 is 36.0 Å². The molecule has 2 aromatic rings. The Balaban J connectivity index is 0.00000341. The molecular formula is C23H23BrN3O4-. The van der Waals surface area contributed by atoms with Crippen molar-refractivity contribution in [3.05, 3.63) is 83.6 Å². The number of methoxy groups -OCH3 is 2. The normalized spacial score (nSPS) is 12.7. The molecule has 0 saturated carbocycles. The number of carbonyl (C=O) groups is 2. The summed E-state index contributed by atoms with van der Waals surface area (Å²) in [5, 5.41) is 4.01. The maximum atomic E-state index is 12.3. The number of ketones is 1. The van der Waals surface area contributed by atoms with E-state index >= 15 is 0 Å². The van der Waals surface area contributed by atoms with Gasteiger partial charge in [0.1, 0.15) is 11.5 Å². The number of benzene rings is 2. The van der Waals surface area contributed by atoms with E-state index in [-0.39, 0.29) is 35.2 Å². The fraction of sp³-hybridized carbons (Fsp3) is 0.174. The molecular weight excluding hydrogens is 462 g/mol. The van der Waals surface area contributed by atoms with Gasteiger partial charge in [-0.1, -0.05) is 36.4 Å². The largest absolute Gasteiger partial charge is 1.00 e. The van der Waals surface area contributed by atoms with Crippen molar-refractivity contribution in [2.45, 2.75) is 0 Å². The van der Waals surface area contributed by atoms with Gasteiger partial charge >= 0.3 is 0 Å². The maximum absolute atomic E-state index is 12.3. The van der Waals surface area contributed by atoms with Gasteiger partial charge in [-0.2, -0.15) is 5.10 Å². The van der Waals surface area contributed by atoms with Crippen molar-refractivity contribution in [3.8, 4) is 11.5 Å². The number of hydrazone groups is 1. The Kier molecular flexibility index (Phi) is 9.02. The number of nitrogens with one attached hydrogen (secondary N) is 1. The van der Waals surface area contributed by atoms with E-state index in [1.54, 1.807) is 62.9 Å². The summed E-state index contributed by atoms with van der Waals surface area (Å²) < 4.78 is 10.5. The number of rotatable bonds is 8. The highest BCUT2D eigenvalue weighted by molar-refractivity contribution is 5.98. The lowest BCUT2D eigenvalue weighted by Crippen LogP contribution is -3.00. The van der Waals surface area contributed by atoms with E-state index in [9.17, 15) is 9.59 Å². The third kappa shape index (κ3) is 6.55. The first-order valence-electron chi connectivity index (χ1n) is 9.37. The van der Waals surface area contributed by atoms with E-state index in [0.717, 1.165) is 0 Å². The van der Waals surface area contributed by atoms with Crippen LogP contribution in [0.3, 0.4) is 0 Å². The predicted molar refractivity (Wildman–Crippen MR) is 115 cm³/mol. The molecule has 0 atom stereocenters. The van der Waals surface area contributed by atoms with Crippen LogP contribution in [-0.2, 0) is 4.79 Å². The lowest BCUT2D eigenvalue weighted by atomic mass is 10.1. The first-order valence-corrected chi connectivity index (χ1v) is 9.37. The molecule has 0 saturated heterocycles. The molecule has 2 aromatic carbocycles. The van der Waals surface area contributed by atoms with Gasteiger partial charge in [0.15, 0.2) is 5.78 Å². The van der Waals surface area contributed by atoms with Crippen LogP contribution >= 0.6 is 0 Å². The van der Waals surface area contributed by atoms with Gasteiger partial charge in [-0.05, 0) is 24.3 Å². The zero-order chi connectivity index (χ0) is 21.3. The molecule has 1 N–H and O–H groups in total. The maximum Gasteiger partial charge on any atom is 0.271 e. The highest BCUT2D eigenvalue weighted by Gasteiger charge is 2.14. The van der Waals surface area contributed by atoms with Crippen LogP contribution in [0.25, 0.3) is 0 Å². The third-order valence-electron chi connectivity index (χ3n) is 4.52. The monoisotopic (exact) mass is 484 g/mol. The van der Waals surface area contributed by atoms with Gasteiger partial charge in [-0.25, -0.2) is 5.43 Å². The smallest absolute Gasteiger partial charge is 0.271 e. The van der Waals surface area contributed by atoms with Crippen molar-refractivity contribution >= 4 is 17.9 Å². The summed E-state index contributed by atoms with van der Waals surface area (Å²) in [6, 6.07) is 14.4. The second kappa shape index (κ2) is 11.7. The number of ether oxygens (including phenoxy) is 2. The third-order valence-corrected chi connectivity index (χ3v) is 4.52. The Labute approximate surface area is 191 Å². The SMILES string of the molecule is COc1ccc(OC)c(C=NNC(=O)C2=CCN(CC(=O)c3ccccc3)C=C2)c1.[Br-]. The molecule has 0 aliphatic carbocycles. The number of nitrogens with zero attached hydrogens (tertiary/aromatic N) is 2. The molecule has 0 bridgehead atoms. The number of carbonyl (C=O) groups excluding carboxylic acids is 2. The Bertz CT molecular complexity index is 1000. The van der Waals surface area contributed by atoms with Crippen molar-refractivity contribution in [3.63, 3.8) is 0 Å². The van der Waals surface area contributed by atoms with E-state index < -0.39 is 0 Å². The molecule has 0 unspecified atom stereocenters. The average Bonchev–Trinajstić information content (AvgIpc) is 2.80. The Morgan fingerprint density at radius 1 is 1.13 bits per heavy atom. The lowest BCUT2D eigenvalue weighted by molar-refractivity contribution is -0.117. The first kappa shape index (κ1) is 23.9. The fourth-order valence-electron chi connectivity index (χ4n) is 2.88. The minimum Gasteiger partial charge on any atom is -1.00 e. The fourth-order valence-corrected chi connectivity index (χ4v) is 2.88. The number of amides is 1. The van der Waals surface area contributed by atoms with Crippen LogP contribution in [0.15, 0.2) is 77.6 Å². The molecule has 1 heterocycles. The van der Waals surface area contributed by atoms with Crippen LogP contribution in [0.2, 0.25) is 0 Å². The van der Waals surface area contributed by atoms with E-state index in [1.165, 1.54) is 6.21 Å². The van der Waals surface area contributed by atoms with Gasteiger partial charge in [0, 0.05) is 29.4 Å². The standard InChI is InChI=1S/C23H23N3O4.BrH/c1-29-20-8-9-22(30-2)19(14-20)15-24-25-23(28)18-10-12-26(13-11-18)16-21(27)17-6-4-3-5-7-17;/h3-12,14-15H,13,16H2,1-2H3,(H,25,28);1H/p-1. The van der Waals surface area contributed by atoms with E-state index in [4.69, 9.17) is 9.47 Å². The molecule has 0 spiro atoms. The summed E-state index contributed by atoms with van der Waals surface area (Å²) in [4.78, 5) is 26.5. The zero-order valence-electron chi connectivity index (χ0n) is 17.2. The summed E-state index contributed by atoms with van der Waals surface area (Å²) in [5.74, 6) is 0.965. The molecule has 0 radical (unpaired) electrons. The second-order valence-electron chi connectivity index (χ2n) is 6.50. The number of Topliss-reactive ketones (excluding diaryl/α,β-unsaturated/α-hetero) is 1. The Morgan fingerprint density at radius 3 is 2.55 bits per heavy atom. The van der Waals surface area contributed by atoms with Gasteiger partial charge in [0.25, 0.3) is 5.91 Å². The quantitative estimate of drug-likeness (QED) is 0.318. The molecule has 7 nitrogen and oxygen atoms in total. The van der Waals surface area contributed by atoms with Gasteiger partial charge < -0.3 is 31.4 Å². The van der Waals surface area contributed by atoms with Crippen molar-refractivity contribution in [1.82, 2.24) is 10.3 Å².